The lowest BCUT2D eigenvalue weighted by Gasteiger charge is -2.17. The van der Waals surface area contributed by atoms with Gasteiger partial charge in [-0.3, -0.25) is 14.4 Å². The second-order valence-electron chi connectivity index (χ2n) is 6.40. The highest BCUT2D eigenvalue weighted by Gasteiger charge is 2.21. The third-order valence-electron chi connectivity index (χ3n) is 4.12. The number of ether oxygens (including phenoxy) is 1. The Balaban J connectivity index is 1.80. The topological polar surface area (TPSA) is 72.5 Å². The molecule has 0 aliphatic heterocycles. The van der Waals surface area contributed by atoms with Crippen molar-refractivity contribution in [3.63, 3.8) is 0 Å². The van der Waals surface area contributed by atoms with E-state index in [-0.39, 0.29) is 29.4 Å². The number of hydrogen-bond donors (Lipinski definition) is 1. The van der Waals surface area contributed by atoms with Gasteiger partial charge >= 0.3 is 5.97 Å². The Morgan fingerprint density at radius 3 is 2.67 bits per heavy atom. The van der Waals surface area contributed by atoms with Crippen LogP contribution in [0.5, 0.6) is 0 Å². The fourth-order valence-corrected chi connectivity index (χ4v) is 3.36. The van der Waals surface area contributed by atoms with Crippen LogP contribution in [0.2, 0.25) is 0 Å². The first-order valence-electron chi connectivity index (χ1n) is 8.98. The molecule has 1 aliphatic carbocycles. The van der Waals surface area contributed by atoms with Crippen molar-refractivity contribution in [2.24, 2.45) is 11.8 Å². The molecule has 1 N–H and O–H groups in total. The molecule has 144 valence electrons. The number of esters is 1. The van der Waals surface area contributed by atoms with Crippen LogP contribution in [0.15, 0.2) is 54.6 Å². The number of allylic oxidation sites excluding steroid dienone is 3. The number of carbonyl (C=O) groups excluding carboxylic acids is 3. The lowest BCUT2D eigenvalue weighted by atomic mass is 10.0. The van der Waals surface area contributed by atoms with Gasteiger partial charge in [-0.25, -0.2) is 0 Å². The first-order chi connectivity index (χ1) is 13.0. The first-order valence-corrected chi connectivity index (χ1v) is 9.97. The minimum Gasteiger partial charge on any atom is -0.464 e. The second kappa shape index (κ2) is 11.4. The van der Waals surface area contributed by atoms with Crippen molar-refractivity contribution in [3.05, 3.63) is 60.2 Å². The molecule has 2 rings (SSSR count). The second-order valence-corrected chi connectivity index (χ2v) is 7.60. The summed E-state index contributed by atoms with van der Waals surface area (Å²) in [6.45, 7) is 1.62. The molecule has 2 atom stereocenters. The summed E-state index contributed by atoms with van der Waals surface area (Å²) in [5.74, 6) is -0.522. The van der Waals surface area contributed by atoms with Gasteiger partial charge in [0, 0.05) is 18.6 Å². The van der Waals surface area contributed by atoms with Gasteiger partial charge in [-0.15, -0.1) is 0 Å². The van der Waals surface area contributed by atoms with Gasteiger partial charge in [-0.2, -0.15) is 0 Å². The summed E-state index contributed by atoms with van der Waals surface area (Å²) in [4.78, 5) is 35.7. The zero-order valence-electron chi connectivity index (χ0n) is 15.4. The molecule has 0 saturated carbocycles. The van der Waals surface area contributed by atoms with Crippen molar-refractivity contribution in [3.8, 4) is 0 Å². The molecule has 0 radical (unpaired) electrons. The van der Waals surface area contributed by atoms with E-state index in [9.17, 15) is 14.4 Å². The maximum atomic E-state index is 12.5. The van der Waals surface area contributed by atoms with Crippen LogP contribution in [0.3, 0.4) is 0 Å². The Labute approximate surface area is 164 Å². The van der Waals surface area contributed by atoms with Crippen molar-refractivity contribution >= 4 is 28.8 Å². The maximum absolute atomic E-state index is 12.5. The Morgan fingerprint density at radius 2 is 2.00 bits per heavy atom. The van der Waals surface area contributed by atoms with Gasteiger partial charge < -0.3 is 10.1 Å². The van der Waals surface area contributed by atoms with Crippen molar-refractivity contribution in [2.45, 2.75) is 19.8 Å². The summed E-state index contributed by atoms with van der Waals surface area (Å²) in [5.41, 5.74) is 1.02. The Hall–Kier alpha value is -2.34. The van der Waals surface area contributed by atoms with E-state index in [2.05, 4.69) is 5.32 Å². The van der Waals surface area contributed by atoms with Gasteiger partial charge in [0.2, 0.25) is 5.91 Å². The molecule has 27 heavy (non-hydrogen) atoms. The van der Waals surface area contributed by atoms with Crippen LogP contribution in [-0.2, 0) is 25.5 Å². The molecule has 0 saturated heterocycles. The summed E-state index contributed by atoms with van der Waals surface area (Å²) < 4.78 is 5.23. The molecule has 0 bridgehead atoms. The molecular formula is C21H25NO4S. The zero-order chi connectivity index (χ0) is 19.5. The number of amides is 1. The van der Waals surface area contributed by atoms with E-state index in [1.165, 1.54) is 6.92 Å². The summed E-state index contributed by atoms with van der Waals surface area (Å²) >= 11 is 1.12. The SMILES string of the molecule is CC(=O)SCC(Cc1ccccc1)C(=O)NCC(=O)OCC1C=CC=CC1. The van der Waals surface area contributed by atoms with E-state index in [1.54, 1.807) is 0 Å². The molecule has 0 aromatic heterocycles. The average Bonchev–Trinajstić information content (AvgIpc) is 2.69. The number of hydrogen-bond acceptors (Lipinski definition) is 5. The quantitative estimate of drug-likeness (QED) is 0.660. The summed E-state index contributed by atoms with van der Waals surface area (Å²) in [5, 5.41) is 2.61. The van der Waals surface area contributed by atoms with Crippen molar-refractivity contribution < 1.29 is 19.1 Å². The lowest BCUT2D eigenvalue weighted by Crippen LogP contribution is -2.37. The van der Waals surface area contributed by atoms with Crippen LogP contribution in [-0.4, -0.2) is 35.9 Å². The van der Waals surface area contributed by atoms with E-state index in [0.29, 0.717) is 18.8 Å². The Bertz CT molecular complexity index is 699. The van der Waals surface area contributed by atoms with Crippen LogP contribution >= 0.6 is 11.8 Å². The van der Waals surface area contributed by atoms with Crippen molar-refractivity contribution in [2.75, 3.05) is 18.9 Å². The molecule has 1 aromatic rings. The normalized spacial score (nSPS) is 16.6. The number of rotatable bonds is 9. The minimum atomic E-state index is -0.455. The molecule has 5 nitrogen and oxygen atoms in total. The molecule has 6 heteroatoms. The third-order valence-corrected chi connectivity index (χ3v) is 5.09. The fourth-order valence-electron chi connectivity index (χ4n) is 2.65. The van der Waals surface area contributed by atoms with E-state index < -0.39 is 5.97 Å². The standard InChI is InChI=1S/C21H25NO4S/c1-16(23)27-15-19(12-17-8-4-2-5-9-17)21(25)22-13-20(24)26-14-18-10-6-3-7-11-18/h2-10,18-19H,11-15H2,1H3,(H,22,25). The molecule has 0 spiro atoms. The highest BCUT2D eigenvalue weighted by Crippen LogP contribution is 2.16. The number of nitrogens with one attached hydrogen (secondary N) is 1. The fraction of sp³-hybridized carbons (Fsp3) is 0.381. The highest BCUT2D eigenvalue weighted by molar-refractivity contribution is 8.13. The summed E-state index contributed by atoms with van der Waals surface area (Å²) in [7, 11) is 0. The summed E-state index contributed by atoms with van der Waals surface area (Å²) in [6, 6.07) is 9.62. The molecule has 0 heterocycles. The Morgan fingerprint density at radius 1 is 1.22 bits per heavy atom. The molecule has 1 amide bonds. The highest BCUT2D eigenvalue weighted by atomic mass is 32.2. The molecular weight excluding hydrogens is 362 g/mol. The van der Waals surface area contributed by atoms with Crippen LogP contribution < -0.4 is 5.32 Å². The molecule has 2 unspecified atom stereocenters. The molecule has 1 aromatic carbocycles. The van der Waals surface area contributed by atoms with Crippen molar-refractivity contribution in [1.29, 1.82) is 0 Å². The van der Waals surface area contributed by atoms with Crippen molar-refractivity contribution in [1.82, 2.24) is 5.32 Å². The van der Waals surface area contributed by atoms with Gasteiger partial charge in [0.25, 0.3) is 0 Å². The number of thioether (sulfide) groups is 1. The molecule has 0 fully saturated rings. The van der Waals surface area contributed by atoms with E-state index in [4.69, 9.17) is 4.74 Å². The smallest absolute Gasteiger partial charge is 0.325 e. The first kappa shape index (κ1) is 21.0. The summed E-state index contributed by atoms with van der Waals surface area (Å²) in [6.07, 6.45) is 9.29. The number of carbonyl (C=O) groups is 3. The predicted molar refractivity (Wildman–Crippen MR) is 107 cm³/mol. The average molecular weight is 388 g/mol. The van der Waals surface area contributed by atoms with E-state index >= 15 is 0 Å². The van der Waals surface area contributed by atoms with Gasteiger partial charge in [0.1, 0.15) is 6.54 Å². The predicted octanol–water partition coefficient (Wildman–Crippen LogP) is 2.92. The minimum absolute atomic E-state index is 0.0325. The van der Waals surface area contributed by atoms with Crippen LogP contribution in [0, 0.1) is 11.8 Å². The van der Waals surface area contributed by atoms with Crippen LogP contribution in [0.1, 0.15) is 18.9 Å². The van der Waals surface area contributed by atoms with E-state index in [0.717, 1.165) is 23.7 Å². The third kappa shape index (κ3) is 8.26. The van der Waals surface area contributed by atoms with Crippen LogP contribution in [0.25, 0.3) is 0 Å². The molecule has 1 aliphatic rings. The van der Waals surface area contributed by atoms with Crippen LogP contribution in [0.4, 0.5) is 0 Å². The van der Waals surface area contributed by atoms with Gasteiger partial charge in [-0.1, -0.05) is 66.4 Å². The van der Waals surface area contributed by atoms with Gasteiger partial charge in [0.15, 0.2) is 5.12 Å². The Kier molecular flexibility index (Phi) is 8.84. The zero-order valence-corrected chi connectivity index (χ0v) is 16.2. The lowest BCUT2D eigenvalue weighted by molar-refractivity contribution is -0.145. The van der Waals surface area contributed by atoms with Gasteiger partial charge in [0.05, 0.1) is 12.5 Å². The largest absolute Gasteiger partial charge is 0.464 e. The number of benzene rings is 1. The van der Waals surface area contributed by atoms with E-state index in [1.807, 2.05) is 54.6 Å². The monoisotopic (exact) mass is 387 g/mol. The maximum Gasteiger partial charge on any atom is 0.325 e. The van der Waals surface area contributed by atoms with Gasteiger partial charge in [-0.05, 0) is 18.4 Å².